The third-order valence-electron chi connectivity index (χ3n) is 12.5. The number of hydrogen-bond acceptors (Lipinski definition) is 4. The first-order valence-electron chi connectivity index (χ1n) is 21.0. The molecule has 3 aromatic heterocycles. The second-order valence-electron chi connectivity index (χ2n) is 16.0. The lowest BCUT2D eigenvalue weighted by Gasteiger charge is -2.26. The molecular formula is C58H35NO2S. The molecule has 0 fully saturated rings. The quantitative estimate of drug-likeness (QED) is 0.168. The third-order valence-corrected chi connectivity index (χ3v) is 13.6. The average molecular weight is 810 g/mol. The van der Waals surface area contributed by atoms with E-state index in [1.54, 1.807) is 0 Å². The van der Waals surface area contributed by atoms with Crippen molar-refractivity contribution in [2.24, 2.45) is 0 Å². The fourth-order valence-corrected chi connectivity index (χ4v) is 10.6. The first-order chi connectivity index (χ1) is 30.7. The van der Waals surface area contributed by atoms with E-state index < -0.39 is 0 Å². The van der Waals surface area contributed by atoms with Crippen molar-refractivity contribution in [2.75, 3.05) is 4.90 Å². The molecule has 3 heterocycles. The van der Waals surface area contributed by atoms with Crippen LogP contribution in [0.15, 0.2) is 221 Å². The highest BCUT2D eigenvalue weighted by Crippen LogP contribution is 2.43. The van der Waals surface area contributed by atoms with Crippen molar-refractivity contribution in [3.63, 3.8) is 0 Å². The zero-order valence-corrected chi connectivity index (χ0v) is 34.2. The summed E-state index contributed by atoms with van der Waals surface area (Å²) < 4.78 is 15.3. The summed E-state index contributed by atoms with van der Waals surface area (Å²) in [5, 5.41) is 9.47. The van der Waals surface area contributed by atoms with Gasteiger partial charge in [0.1, 0.15) is 22.3 Å². The number of benzene rings is 10. The molecule has 0 saturated heterocycles. The summed E-state index contributed by atoms with van der Waals surface area (Å²) in [6.45, 7) is 0. The minimum Gasteiger partial charge on any atom is -0.456 e. The van der Waals surface area contributed by atoms with Crippen LogP contribution in [0.1, 0.15) is 0 Å². The van der Waals surface area contributed by atoms with Gasteiger partial charge in [-0.15, -0.1) is 11.3 Å². The lowest BCUT2D eigenvalue weighted by molar-refractivity contribution is 0.669. The van der Waals surface area contributed by atoms with Crippen LogP contribution >= 0.6 is 11.3 Å². The molecule has 13 rings (SSSR count). The van der Waals surface area contributed by atoms with E-state index in [0.717, 1.165) is 88.6 Å². The van der Waals surface area contributed by atoms with E-state index in [-0.39, 0.29) is 0 Å². The topological polar surface area (TPSA) is 29.5 Å². The molecule has 0 aliphatic carbocycles. The van der Waals surface area contributed by atoms with Crippen LogP contribution in [0.2, 0.25) is 0 Å². The largest absolute Gasteiger partial charge is 0.456 e. The summed E-state index contributed by atoms with van der Waals surface area (Å²) in [4.78, 5) is 2.35. The molecule has 0 aliphatic rings. The summed E-state index contributed by atoms with van der Waals surface area (Å²) in [6, 6.07) is 76.3. The summed E-state index contributed by atoms with van der Waals surface area (Å²) in [6.07, 6.45) is 0. The Morgan fingerprint density at radius 2 is 0.887 bits per heavy atom. The lowest BCUT2D eigenvalue weighted by Crippen LogP contribution is -2.09. The molecule has 0 N–H and O–H groups in total. The van der Waals surface area contributed by atoms with E-state index in [4.69, 9.17) is 8.83 Å². The zero-order chi connectivity index (χ0) is 40.7. The maximum Gasteiger partial charge on any atom is 0.143 e. The first kappa shape index (κ1) is 34.9. The Morgan fingerprint density at radius 1 is 0.323 bits per heavy atom. The fourth-order valence-electron chi connectivity index (χ4n) is 9.45. The summed E-state index contributed by atoms with van der Waals surface area (Å²) in [7, 11) is 0. The van der Waals surface area contributed by atoms with Crippen molar-refractivity contribution in [1.29, 1.82) is 0 Å². The highest BCUT2D eigenvalue weighted by atomic mass is 32.1. The minimum absolute atomic E-state index is 0.895. The maximum atomic E-state index is 6.55. The van der Waals surface area contributed by atoms with Crippen LogP contribution in [0.25, 0.3) is 108 Å². The van der Waals surface area contributed by atoms with Crippen LogP contribution < -0.4 is 4.90 Å². The van der Waals surface area contributed by atoms with E-state index >= 15 is 0 Å². The number of hydrogen-bond donors (Lipinski definition) is 0. The van der Waals surface area contributed by atoms with Gasteiger partial charge in [-0.25, -0.2) is 0 Å². The van der Waals surface area contributed by atoms with Crippen LogP contribution in [0.5, 0.6) is 0 Å². The second kappa shape index (κ2) is 13.8. The molecule has 0 radical (unpaired) electrons. The molecule has 290 valence electrons. The highest BCUT2D eigenvalue weighted by molar-refractivity contribution is 7.25. The second-order valence-corrected chi connectivity index (χ2v) is 17.1. The van der Waals surface area contributed by atoms with Crippen LogP contribution in [-0.2, 0) is 0 Å². The number of fused-ring (bicyclic) bond motifs is 11. The number of thiophene rings is 1. The SMILES string of the molecule is c1ccc2c(c1)ccc1c2oc2cccc(-c3ccc(N(c4ccc(-c5ccc6c(c5)sc5ccccc56)cc4)c4ccc(-c5ccc6oc7ccccc7c6c5)cc4)cc3)c21. The van der Waals surface area contributed by atoms with Gasteiger partial charge in [-0.1, -0.05) is 133 Å². The van der Waals surface area contributed by atoms with E-state index in [1.807, 2.05) is 23.5 Å². The Bertz CT molecular complexity index is 3850. The highest BCUT2D eigenvalue weighted by Gasteiger charge is 2.18. The minimum atomic E-state index is 0.895. The predicted molar refractivity (Wildman–Crippen MR) is 262 cm³/mol. The normalized spacial score (nSPS) is 11.9. The molecule has 0 atom stereocenters. The Kier molecular flexibility index (Phi) is 7.78. The van der Waals surface area contributed by atoms with E-state index in [0.29, 0.717) is 0 Å². The molecule has 0 bridgehead atoms. The molecule has 0 unspecified atom stereocenters. The Morgan fingerprint density at radius 3 is 1.66 bits per heavy atom. The monoisotopic (exact) mass is 809 g/mol. The number of para-hydroxylation sites is 1. The Labute approximate surface area is 360 Å². The Balaban J connectivity index is 0.895. The number of nitrogens with zero attached hydrogens (tertiary/aromatic N) is 1. The van der Waals surface area contributed by atoms with Crippen molar-refractivity contribution in [3.8, 4) is 33.4 Å². The lowest BCUT2D eigenvalue weighted by atomic mass is 9.98. The van der Waals surface area contributed by atoms with Gasteiger partial charge in [0.15, 0.2) is 0 Å². The maximum absolute atomic E-state index is 6.55. The molecule has 4 heteroatoms. The molecule has 13 aromatic rings. The van der Waals surface area contributed by atoms with Crippen molar-refractivity contribution < 1.29 is 8.83 Å². The van der Waals surface area contributed by atoms with E-state index in [1.165, 1.54) is 36.7 Å². The summed E-state index contributed by atoms with van der Waals surface area (Å²) in [5.74, 6) is 0. The van der Waals surface area contributed by atoms with Crippen molar-refractivity contribution >= 4 is 103 Å². The van der Waals surface area contributed by atoms with Gasteiger partial charge in [0.2, 0.25) is 0 Å². The van der Waals surface area contributed by atoms with Gasteiger partial charge in [0, 0.05) is 64.2 Å². The molecule has 62 heavy (non-hydrogen) atoms. The van der Waals surface area contributed by atoms with Crippen molar-refractivity contribution in [2.45, 2.75) is 0 Å². The summed E-state index contributed by atoms with van der Waals surface area (Å²) in [5.41, 5.74) is 13.9. The van der Waals surface area contributed by atoms with E-state index in [9.17, 15) is 0 Å². The molecule has 0 aliphatic heterocycles. The standard InChI is InChI=1S/C58H35NO2S/c1-2-9-46-38(8-1)22-32-50-57-45(12-7-14-54(57)61-58(46)50)39-20-29-44(30-21-39)59(42-25-16-36(17-26-42)40-24-33-53-51(34-40)47-10-3-5-13-52(47)60-53)43-27-18-37(19-28-43)41-23-31-49-48-11-4-6-15-55(48)62-56(49)35-41/h1-35H. The molecule has 0 amide bonds. The fraction of sp³-hybridized carbons (Fsp3) is 0. The van der Waals surface area contributed by atoms with Crippen molar-refractivity contribution in [3.05, 3.63) is 212 Å². The molecule has 0 spiro atoms. The molecule has 3 nitrogen and oxygen atoms in total. The van der Waals surface area contributed by atoms with Gasteiger partial charge < -0.3 is 13.7 Å². The summed E-state index contributed by atoms with van der Waals surface area (Å²) >= 11 is 1.86. The number of anilines is 3. The predicted octanol–water partition coefficient (Wildman–Crippen LogP) is 17.5. The van der Waals surface area contributed by atoms with Crippen LogP contribution in [0, 0.1) is 0 Å². The molecular weight excluding hydrogens is 775 g/mol. The van der Waals surface area contributed by atoms with Gasteiger partial charge in [-0.05, 0) is 118 Å². The molecule has 10 aromatic carbocycles. The third kappa shape index (κ3) is 5.58. The number of furan rings is 2. The average Bonchev–Trinajstić information content (AvgIpc) is 4.03. The van der Waals surface area contributed by atoms with E-state index in [2.05, 4.69) is 205 Å². The number of rotatable bonds is 6. The van der Waals surface area contributed by atoms with Crippen molar-refractivity contribution in [1.82, 2.24) is 0 Å². The first-order valence-corrected chi connectivity index (χ1v) is 21.8. The van der Waals surface area contributed by atoms with Crippen LogP contribution in [0.3, 0.4) is 0 Å². The van der Waals surface area contributed by atoms with Gasteiger partial charge in [-0.3, -0.25) is 0 Å². The van der Waals surface area contributed by atoms with Gasteiger partial charge in [0.05, 0.1) is 0 Å². The Hall–Kier alpha value is -7.92. The molecule has 0 saturated carbocycles. The smallest absolute Gasteiger partial charge is 0.143 e. The zero-order valence-electron chi connectivity index (χ0n) is 33.4. The van der Waals surface area contributed by atoms with Gasteiger partial charge >= 0.3 is 0 Å². The van der Waals surface area contributed by atoms with Gasteiger partial charge in [0.25, 0.3) is 0 Å². The van der Waals surface area contributed by atoms with Crippen LogP contribution in [0.4, 0.5) is 17.1 Å². The van der Waals surface area contributed by atoms with Crippen LogP contribution in [-0.4, -0.2) is 0 Å². The van der Waals surface area contributed by atoms with Gasteiger partial charge in [-0.2, -0.15) is 0 Å².